The molecule has 1 aromatic heterocycles. The second-order valence-corrected chi connectivity index (χ2v) is 2.74. The maximum Gasteiger partial charge on any atom is 0.0544 e. The largest absolute Gasteiger partial charge is 0.329 e. The lowest BCUT2D eigenvalue weighted by molar-refractivity contribution is 0.681. The van der Waals surface area contributed by atoms with Gasteiger partial charge in [-0.1, -0.05) is 6.07 Å². The van der Waals surface area contributed by atoms with E-state index in [1.807, 2.05) is 25.1 Å². The van der Waals surface area contributed by atoms with Crippen LogP contribution in [0.4, 0.5) is 0 Å². The first-order valence-corrected chi connectivity index (χ1v) is 4.16. The Kier molecular flexibility index (Phi) is 3.70. The van der Waals surface area contributed by atoms with Gasteiger partial charge in [-0.2, -0.15) is 0 Å². The second-order valence-electron chi connectivity index (χ2n) is 2.74. The molecule has 0 fully saturated rings. The number of aryl methyl sites for hydroxylation is 1. The molecule has 1 rings (SSSR count). The van der Waals surface area contributed by atoms with Crippen molar-refractivity contribution in [2.75, 3.05) is 13.1 Å². The molecule has 12 heavy (non-hydrogen) atoms. The van der Waals surface area contributed by atoms with E-state index in [0.717, 1.165) is 24.5 Å². The molecule has 0 spiro atoms. The standard InChI is InChI=1S/C9H15N3/c1-8-3-2-4-9(12-8)7-11-6-5-10/h2-4,11H,5-7,10H2,1H3. The molecular formula is C9H15N3. The molecule has 0 aliphatic carbocycles. The Hall–Kier alpha value is -0.930. The monoisotopic (exact) mass is 165 g/mol. The fourth-order valence-corrected chi connectivity index (χ4v) is 1.02. The average Bonchev–Trinajstić information content (AvgIpc) is 2.05. The van der Waals surface area contributed by atoms with Gasteiger partial charge in [0.15, 0.2) is 0 Å². The Balaban J connectivity index is 2.41. The Labute approximate surface area is 73.0 Å². The van der Waals surface area contributed by atoms with Crippen molar-refractivity contribution in [1.82, 2.24) is 10.3 Å². The van der Waals surface area contributed by atoms with Crippen LogP contribution in [0.5, 0.6) is 0 Å². The lowest BCUT2D eigenvalue weighted by Gasteiger charge is -2.02. The smallest absolute Gasteiger partial charge is 0.0544 e. The minimum atomic E-state index is 0.672. The first kappa shape index (κ1) is 9.16. The SMILES string of the molecule is Cc1cccc(CNCCN)n1. The van der Waals surface area contributed by atoms with Gasteiger partial charge in [0.2, 0.25) is 0 Å². The summed E-state index contributed by atoms with van der Waals surface area (Å²) in [6.45, 7) is 4.31. The highest BCUT2D eigenvalue weighted by Crippen LogP contribution is 1.96. The van der Waals surface area contributed by atoms with Crippen molar-refractivity contribution in [2.24, 2.45) is 5.73 Å². The van der Waals surface area contributed by atoms with Gasteiger partial charge in [0, 0.05) is 25.3 Å². The van der Waals surface area contributed by atoms with E-state index in [9.17, 15) is 0 Å². The summed E-state index contributed by atoms with van der Waals surface area (Å²) < 4.78 is 0. The van der Waals surface area contributed by atoms with E-state index in [0.29, 0.717) is 6.54 Å². The summed E-state index contributed by atoms with van der Waals surface area (Å²) in [6, 6.07) is 6.02. The number of pyridine rings is 1. The molecule has 0 radical (unpaired) electrons. The highest BCUT2D eigenvalue weighted by molar-refractivity contribution is 5.09. The summed E-state index contributed by atoms with van der Waals surface area (Å²) in [7, 11) is 0. The third kappa shape index (κ3) is 2.98. The number of hydrogen-bond donors (Lipinski definition) is 2. The molecule has 1 aromatic rings. The molecule has 3 N–H and O–H groups in total. The van der Waals surface area contributed by atoms with Gasteiger partial charge < -0.3 is 11.1 Å². The normalized spacial score (nSPS) is 10.2. The zero-order valence-electron chi connectivity index (χ0n) is 7.38. The van der Waals surface area contributed by atoms with E-state index in [-0.39, 0.29) is 0 Å². The molecule has 0 unspecified atom stereocenters. The predicted octanol–water partition coefficient (Wildman–Crippen LogP) is 0.438. The van der Waals surface area contributed by atoms with Gasteiger partial charge in [0.1, 0.15) is 0 Å². The van der Waals surface area contributed by atoms with Gasteiger partial charge in [0.25, 0.3) is 0 Å². The molecule has 1 heterocycles. The van der Waals surface area contributed by atoms with E-state index >= 15 is 0 Å². The highest BCUT2D eigenvalue weighted by atomic mass is 14.9. The number of nitrogens with two attached hydrogens (primary N) is 1. The Morgan fingerprint density at radius 1 is 1.50 bits per heavy atom. The van der Waals surface area contributed by atoms with Crippen LogP contribution < -0.4 is 11.1 Å². The van der Waals surface area contributed by atoms with E-state index in [1.54, 1.807) is 0 Å². The van der Waals surface area contributed by atoms with Crippen molar-refractivity contribution in [3.8, 4) is 0 Å². The van der Waals surface area contributed by atoms with Gasteiger partial charge in [-0.05, 0) is 19.1 Å². The van der Waals surface area contributed by atoms with Crippen LogP contribution in [0.25, 0.3) is 0 Å². The first-order valence-electron chi connectivity index (χ1n) is 4.16. The maximum atomic E-state index is 5.34. The minimum absolute atomic E-state index is 0.672. The van der Waals surface area contributed by atoms with Crippen LogP contribution in [0.1, 0.15) is 11.4 Å². The van der Waals surface area contributed by atoms with E-state index < -0.39 is 0 Å². The number of hydrogen-bond acceptors (Lipinski definition) is 3. The molecule has 0 saturated heterocycles. The summed E-state index contributed by atoms with van der Waals surface area (Å²) in [5, 5.41) is 3.19. The summed E-state index contributed by atoms with van der Waals surface area (Å²) in [4.78, 5) is 4.34. The summed E-state index contributed by atoms with van der Waals surface area (Å²) in [6.07, 6.45) is 0. The number of nitrogens with zero attached hydrogens (tertiary/aromatic N) is 1. The molecule has 66 valence electrons. The van der Waals surface area contributed by atoms with Crippen LogP contribution in [-0.2, 0) is 6.54 Å². The van der Waals surface area contributed by atoms with Crippen LogP contribution in [0.2, 0.25) is 0 Å². The molecule has 0 aromatic carbocycles. The van der Waals surface area contributed by atoms with Gasteiger partial charge in [0.05, 0.1) is 5.69 Å². The van der Waals surface area contributed by atoms with Crippen molar-refractivity contribution >= 4 is 0 Å². The summed E-state index contributed by atoms with van der Waals surface area (Å²) in [5.74, 6) is 0. The molecule has 0 bridgehead atoms. The van der Waals surface area contributed by atoms with E-state index in [1.165, 1.54) is 0 Å². The highest BCUT2D eigenvalue weighted by Gasteiger charge is 1.92. The number of aromatic nitrogens is 1. The molecule has 3 heteroatoms. The van der Waals surface area contributed by atoms with Crippen molar-refractivity contribution in [2.45, 2.75) is 13.5 Å². The lowest BCUT2D eigenvalue weighted by Crippen LogP contribution is -2.22. The molecular weight excluding hydrogens is 150 g/mol. The Morgan fingerprint density at radius 3 is 3.00 bits per heavy atom. The van der Waals surface area contributed by atoms with Crippen LogP contribution in [0.3, 0.4) is 0 Å². The van der Waals surface area contributed by atoms with E-state index in [4.69, 9.17) is 5.73 Å². The molecule has 0 aliphatic heterocycles. The van der Waals surface area contributed by atoms with Crippen LogP contribution in [0.15, 0.2) is 18.2 Å². The Bertz CT molecular complexity index is 235. The van der Waals surface area contributed by atoms with E-state index in [2.05, 4.69) is 10.3 Å². The minimum Gasteiger partial charge on any atom is -0.329 e. The zero-order valence-corrected chi connectivity index (χ0v) is 7.38. The van der Waals surface area contributed by atoms with Crippen molar-refractivity contribution in [3.63, 3.8) is 0 Å². The molecule has 3 nitrogen and oxygen atoms in total. The third-order valence-electron chi connectivity index (χ3n) is 1.57. The first-order chi connectivity index (χ1) is 5.83. The Morgan fingerprint density at radius 2 is 2.33 bits per heavy atom. The van der Waals surface area contributed by atoms with Crippen molar-refractivity contribution < 1.29 is 0 Å². The quantitative estimate of drug-likeness (QED) is 0.636. The number of rotatable bonds is 4. The second kappa shape index (κ2) is 4.85. The molecule has 0 saturated carbocycles. The average molecular weight is 165 g/mol. The predicted molar refractivity (Wildman–Crippen MR) is 49.7 cm³/mol. The van der Waals surface area contributed by atoms with Crippen LogP contribution >= 0.6 is 0 Å². The number of nitrogens with one attached hydrogen (secondary N) is 1. The van der Waals surface area contributed by atoms with Crippen LogP contribution in [0, 0.1) is 6.92 Å². The fourth-order valence-electron chi connectivity index (χ4n) is 1.02. The topological polar surface area (TPSA) is 50.9 Å². The summed E-state index contributed by atoms with van der Waals surface area (Å²) >= 11 is 0. The summed E-state index contributed by atoms with van der Waals surface area (Å²) in [5.41, 5.74) is 7.47. The van der Waals surface area contributed by atoms with Crippen molar-refractivity contribution in [3.05, 3.63) is 29.6 Å². The van der Waals surface area contributed by atoms with Gasteiger partial charge >= 0.3 is 0 Å². The fraction of sp³-hybridized carbons (Fsp3) is 0.444. The van der Waals surface area contributed by atoms with Gasteiger partial charge in [-0.3, -0.25) is 4.98 Å². The maximum absolute atomic E-state index is 5.34. The van der Waals surface area contributed by atoms with Crippen LogP contribution in [-0.4, -0.2) is 18.1 Å². The molecule has 0 amide bonds. The van der Waals surface area contributed by atoms with Gasteiger partial charge in [-0.15, -0.1) is 0 Å². The molecule has 0 aliphatic rings. The zero-order chi connectivity index (χ0) is 8.81. The molecule has 0 atom stereocenters. The third-order valence-corrected chi connectivity index (χ3v) is 1.57. The van der Waals surface area contributed by atoms with Gasteiger partial charge in [-0.25, -0.2) is 0 Å². The lowest BCUT2D eigenvalue weighted by atomic mass is 10.3. The van der Waals surface area contributed by atoms with Crippen molar-refractivity contribution in [1.29, 1.82) is 0 Å².